The number of hydrogen-bond donors (Lipinski definition) is 1. The van der Waals surface area contributed by atoms with E-state index >= 15 is 0 Å². The van der Waals surface area contributed by atoms with Crippen molar-refractivity contribution in [1.82, 2.24) is 0 Å². The molecule has 0 fully saturated rings. The van der Waals surface area contributed by atoms with Crippen molar-refractivity contribution in [3.05, 3.63) is 57.8 Å². The van der Waals surface area contributed by atoms with E-state index in [0.717, 1.165) is 17.7 Å². The van der Waals surface area contributed by atoms with Crippen LogP contribution < -0.4 is 0 Å². The van der Waals surface area contributed by atoms with Crippen LogP contribution in [0.3, 0.4) is 0 Å². The summed E-state index contributed by atoms with van der Waals surface area (Å²) in [7, 11) is 0. The lowest BCUT2D eigenvalue weighted by molar-refractivity contribution is 0.319. The Morgan fingerprint density at radius 2 is 1.88 bits per heavy atom. The maximum absolute atomic E-state index is 8.70. The molecule has 0 unspecified atom stereocenters. The molecule has 0 aliphatic rings. The summed E-state index contributed by atoms with van der Waals surface area (Å²) in [5.41, 5.74) is 2.04. The standard InChI is InChI=1S/C14H15NOS/c1-11(15-16)14-10-9-13(17-14)8-7-12-5-3-2-4-6-12/h2-6,9-10,16H,7-8H2,1H3/b15-11+. The number of hydrogen-bond acceptors (Lipinski definition) is 3. The second-order valence-corrected chi connectivity index (χ2v) is 5.11. The Morgan fingerprint density at radius 1 is 1.12 bits per heavy atom. The van der Waals surface area contributed by atoms with Gasteiger partial charge in [0.2, 0.25) is 0 Å². The Kier molecular flexibility index (Phi) is 3.94. The average Bonchev–Trinajstić information content (AvgIpc) is 2.85. The van der Waals surface area contributed by atoms with Crippen LogP contribution in [0.5, 0.6) is 0 Å². The van der Waals surface area contributed by atoms with Crippen LogP contribution in [0, 0.1) is 0 Å². The molecule has 0 spiro atoms. The van der Waals surface area contributed by atoms with Crippen molar-refractivity contribution in [2.75, 3.05) is 0 Å². The first-order valence-electron chi connectivity index (χ1n) is 5.61. The van der Waals surface area contributed by atoms with Gasteiger partial charge in [0.15, 0.2) is 0 Å². The van der Waals surface area contributed by atoms with E-state index < -0.39 is 0 Å². The van der Waals surface area contributed by atoms with Crippen molar-refractivity contribution in [3.8, 4) is 0 Å². The summed E-state index contributed by atoms with van der Waals surface area (Å²) in [6.45, 7) is 1.81. The highest BCUT2D eigenvalue weighted by molar-refractivity contribution is 7.14. The SMILES string of the molecule is C/C(=N\O)c1ccc(CCc2ccccc2)s1. The Bertz CT molecular complexity index is 502. The smallest absolute Gasteiger partial charge is 0.0936 e. The van der Waals surface area contributed by atoms with Gasteiger partial charge in [0.25, 0.3) is 0 Å². The highest BCUT2D eigenvalue weighted by atomic mass is 32.1. The molecule has 0 bridgehead atoms. The molecule has 0 aliphatic heterocycles. The minimum absolute atomic E-state index is 0.681. The molecule has 0 saturated carbocycles. The van der Waals surface area contributed by atoms with E-state index in [1.54, 1.807) is 11.3 Å². The summed E-state index contributed by atoms with van der Waals surface area (Å²) < 4.78 is 0. The van der Waals surface area contributed by atoms with Gasteiger partial charge in [-0.05, 0) is 37.5 Å². The molecule has 1 aromatic carbocycles. The molecule has 2 rings (SSSR count). The molecule has 0 saturated heterocycles. The van der Waals surface area contributed by atoms with Gasteiger partial charge in [0.1, 0.15) is 0 Å². The molecule has 0 aliphatic carbocycles. The first-order valence-corrected chi connectivity index (χ1v) is 6.43. The predicted octanol–water partition coefficient (Wildman–Crippen LogP) is 3.73. The number of thiophene rings is 1. The van der Waals surface area contributed by atoms with E-state index in [4.69, 9.17) is 5.21 Å². The van der Waals surface area contributed by atoms with Crippen molar-refractivity contribution in [2.45, 2.75) is 19.8 Å². The van der Waals surface area contributed by atoms with Crippen molar-refractivity contribution in [1.29, 1.82) is 0 Å². The second-order valence-electron chi connectivity index (χ2n) is 3.94. The van der Waals surface area contributed by atoms with Gasteiger partial charge in [-0.1, -0.05) is 35.5 Å². The monoisotopic (exact) mass is 245 g/mol. The van der Waals surface area contributed by atoms with E-state index in [0.29, 0.717) is 5.71 Å². The van der Waals surface area contributed by atoms with Gasteiger partial charge in [-0.3, -0.25) is 0 Å². The van der Waals surface area contributed by atoms with Crippen LogP contribution in [-0.4, -0.2) is 10.9 Å². The van der Waals surface area contributed by atoms with Gasteiger partial charge in [-0.15, -0.1) is 11.3 Å². The van der Waals surface area contributed by atoms with Gasteiger partial charge in [-0.25, -0.2) is 0 Å². The van der Waals surface area contributed by atoms with E-state index in [2.05, 4.69) is 35.5 Å². The zero-order valence-electron chi connectivity index (χ0n) is 9.76. The first kappa shape index (κ1) is 11.9. The fourth-order valence-electron chi connectivity index (χ4n) is 1.67. The summed E-state index contributed by atoms with van der Waals surface area (Å²) in [5, 5.41) is 11.9. The summed E-state index contributed by atoms with van der Waals surface area (Å²) in [6, 6.07) is 14.6. The summed E-state index contributed by atoms with van der Waals surface area (Å²) in [5.74, 6) is 0. The molecule has 0 amide bonds. The summed E-state index contributed by atoms with van der Waals surface area (Å²) >= 11 is 1.69. The largest absolute Gasteiger partial charge is 0.411 e. The third-order valence-corrected chi connectivity index (χ3v) is 3.92. The number of rotatable bonds is 4. The van der Waals surface area contributed by atoms with E-state index in [9.17, 15) is 0 Å². The van der Waals surface area contributed by atoms with Crippen LogP contribution in [0.2, 0.25) is 0 Å². The highest BCUT2D eigenvalue weighted by Gasteiger charge is 2.03. The van der Waals surface area contributed by atoms with Gasteiger partial charge in [-0.2, -0.15) is 0 Å². The molecule has 17 heavy (non-hydrogen) atoms. The Labute approximate surface area is 105 Å². The maximum Gasteiger partial charge on any atom is 0.0936 e. The van der Waals surface area contributed by atoms with Crippen LogP contribution in [0.15, 0.2) is 47.6 Å². The van der Waals surface area contributed by atoms with Crippen LogP contribution in [0.4, 0.5) is 0 Å². The van der Waals surface area contributed by atoms with E-state index in [-0.39, 0.29) is 0 Å². The molecular weight excluding hydrogens is 230 g/mol. The van der Waals surface area contributed by atoms with Gasteiger partial charge in [0.05, 0.1) is 10.6 Å². The molecule has 0 atom stereocenters. The third-order valence-electron chi connectivity index (χ3n) is 2.67. The number of oxime groups is 1. The third kappa shape index (κ3) is 3.17. The zero-order chi connectivity index (χ0) is 12.1. The maximum atomic E-state index is 8.70. The number of benzene rings is 1. The molecule has 1 N–H and O–H groups in total. The Balaban J connectivity index is 1.98. The van der Waals surface area contributed by atoms with Crippen molar-refractivity contribution in [3.63, 3.8) is 0 Å². The highest BCUT2D eigenvalue weighted by Crippen LogP contribution is 2.19. The lowest BCUT2D eigenvalue weighted by Gasteiger charge is -1.98. The second kappa shape index (κ2) is 5.64. The lowest BCUT2D eigenvalue weighted by atomic mass is 10.1. The van der Waals surface area contributed by atoms with Crippen LogP contribution in [-0.2, 0) is 12.8 Å². The van der Waals surface area contributed by atoms with Gasteiger partial charge in [0, 0.05) is 4.88 Å². The summed E-state index contributed by atoms with van der Waals surface area (Å²) in [4.78, 5) is 2.36. The summed E-state index contributed by atoms with van der Waals surface area (Å²) in [6.07, 6.45) is 2.09. The minimum atomic E-state index is 0.681. The molecule has 3 heteroatoms. The van der Waals surface area contributed by atoms with Crippen LogP contribution in [0.1, 0.15) is 22.2 Å². The first-order chi connectivity index (χ1) is 8.29. The van der Waals surface area contributed by atoms with Crippen molar-refractivity contribution >= 4 is 17.0 Å². The lowest BCUT2D eigenvalue weighted by Crippen LogP contribution is -1.89. The van der Waals surface area contributed by atoms with Gasteiger partial charge < -0.3 is 5.21 Å². The molecule has 1 heterocycles. The molecule has 2 nitrogen and oxygen atoms in total. The predicted molar refractivity (Wildman–Crippen MR) is 72.2 cm³/mol. The van der Waals surface area contributed by atoms with Crippen molar-refractivity contribution < 1.29 is 5.21 Å². The van der Waals surface area contributed by atoms with Crippen LogP contribution in [0.25, 0.3) is 0 Å². The Hall–Kier alpha value is -1.61. The zero-order valence-corrected chi connectivity index (χ0v) is 10.6. The normalized spacial score (nSPS) is 11.7. The molecule has 88 valence electrons. The fraction of sp³-hybridized carbons (Fsp3) is 0.214. The Morgan fingerprint density at radius 3 is 2.59 bits per heavy atom. The number of nitrogens with zero attached hydrogens (tertiary/aromatic N) is 1. The quantitative estimate of drug-likeness (QED) is 0.497. The molecule has 2 aromatic rings. The molecular formula is C14H15NOS. The molecule has 0 radical (unpaired) electrons. The topological polar surface area (TPSA) is 32.6 Å². The van der Waals surface area contributed by atoms with Crippen molar-refractivity contribution in [2.24, 2.45) is 5.16 Å². The fourth-order valence-corrected chi connectivity index (χ4v) is 2.62. The number of aryl methyl sites for hydroxylation is 2. The molecule has 1 aromatic heterocycles. The average molecular weight is 245 g/mol. The van der Waals surface area contributed by atoms with Crippen LogP contribution >= 0.6 is 11.3 Å². The van der Waals surface area contributed by atoms with E-state index in [1.807, 2.05) is 19.1 Å². The van der Waals surface area contributed by atoms with Gasteiger partial charge >= 0.3 is 0 Å². The minimum Gasteiger partial charge on any atom is -0.411 e. The van der Waals surface area contributed by atoms with E-state index in [1.165, 1.54) is 10.4 Å².